The maximum absolute atomic E-state index is 12.6. The van der Waals surface area contributed by atoms with Crippen LogP contribution in [0.25, 0.3) is 6.08 Å². The third-order valence-corrected chi connectivity index (χ3v) is 5.39. The first-order chi connectivity index (χ1) is 14.5. The normalized spacial score (nSPS) is 14.9. The van der Waals surface area contributed by atoms with Gasteiger partial charge in [-0.1, -0.05) is 24.6 Å². The molecule has 0 amide bonds. The molecule has 1 saturated heterocycles. The smallest absolute Gasteiger partial charge is 0.185 e. The average molecular weight is 430 g/mol. The highest BCUT2D eigenvalue weighted by Gasteiger charge is 2.17. The van der Waals surface area contributed by atoms with Gasteiger partial charge in [-0.05, 0) is 67.3 Å². The van der Waals surface area contributed by atoms with Crippen molar-refractivity contribution in [2.24, 2.45) is 0 Å². The molecule has 6 heteroatoms. The number of carbonyl (C=O) groups is 1. The number of allylic oxidation sites excluding steroid dienone is 1. The summed E-state index contributed by atoms with van der Waals surface area (Å²) in [4.78, 5) is 14.8. The van der Waals surface area contributed by atoms with Gasteiger partial charge < -0.3 is 19.5 Å². The van der Waals surface area contributed by atoms with E-state index in [4.69, 9.17) is 21.1 Å². The summed E-state index contributed by atoms with van der Waals surface area (Å²) < 4.78 is 11.0. The Morgan fingerprint density at radius 3 is 2.57 bits per heavy atom. The van der Waals surface area contributed by atoms with Gasteiger partial charge in [-0.2, -0.15) is 0 Å². The Balaban J connectivity index is 1.68. The van der Waals surface area contributed by atoms with Gasteiger partial charge in [0.1, 0.15) is 0 Å². The fourth-order valence-electron chi connectivity index (χ4n) is 3.41. The Morgan fingerprint density at radius 1 is 1.23 bits per heavy atom. The maximum Gasteiger partial charge on any atom is 0.185 e. The maximum atomic E-state index is 12.6. The second-order valence-corrected chi connectivity index (χ2v) is 7.75. The van der Waals surface area contributed by atoms with E-state index in [2.05, 4.69) is 4.90 Å². The molecule has 0 radical (unpaired) electrons. The molecule has 0 spiro atoms. The van der Waals surface area contributed by atoms with Gasteiger partial charge in [0.25, 0.3) is 0 Å². The zero-order valence-electron chi connectivity index (χ0n) is 17.4. The third kappa shape index (κ3) is 5.55. The lowest BCUT2D eigenvalue weighted by atomic mass is 10.1. The summed E-state index contributed by atoms with van der Waals surface area (Å²) in [6.45, 7) is 4.23. The molecular formula is C24H28ClNO4. The summed E-state index contributed by atoms with van der Waals surface area (Å²) in [5, 5.41) is 10.1. The van der Waals surface area contributed by atoms with Crippen molar-refractivity contribution in [1.82, 2.24) is 0 Å². The summed E-state index contributed by atoms with van der Waals surface area (Å²) in [6, 6.07) is 11.1. The molecule has 1 aliphatic rings. The first-order valence-corrected chi connectivity index (χ1v) is 10.7. The Hall–Kier alpha value is -2.50. The SMILES string of the molecule is CCCOc1c(Cl)cc(/C=C/C(=O)c2ccc(N3CCC(O)CC3)cc2)cc1OC. The van der Waals surface area contributed by atoms with Crippen molar-refractivity contribution in [3.05, 3.63) is 58.6 Å². The minimum atomic E-state index is -0.202. The molecule has 1 fully saturated rings. The van der Waals surface area contributed by atoms with E-state index in [0.29, 0.717) is 28.7 Å². The number of hydrogen-bond acceptors (Lipinski definition) is 5. The van der Waals surface area contributed by atoms with E-state index in [-0.39, 0.29) is 11.9 Å². The number of carbonyl (C=O) groups excluding carboxylic acids is 1. The summed E-state index contributed by atoms with van der Waals surface area (Å²) in [6.07, 6.45) is 5.47. The number of ether oxygens (including phenoxy) is 2. The molecule has 1 aliphatic heterocycles. The molecule has 3 rings (SSSR count). The zero-order chi connectivity index (χ0) is 21.5. The predicted octanol–water partition coefficient (Wildman–Crippen LogP) is 4.99. The van der Waals surface area contributed by atoms with Crippen LogP contribution in [0.15, 0.2) is 42.5 Å². The highest BCUT2D eigenvalue weighted by molar-refractivity contribution is 6.32. The Morgan fingerprint density at radius 2 is 1.93 bits per heavy atom. The third-order valence-electron chi connectivity index (χ3n) is 5.11. The molecule has 0 bridgehead atoms. The van der Waals surface area contributed by atoms with Gasteiger partial charge in [-0.15, -0.1) is 0 Å². The number of ketones is 1. The Bertz CT molecular complexity index is 887. The molecule has 5 nitrogen and oxygen atoms in total. The molecule has 2 aromatic carbocycles. The van der Waals surface area contributed by atoms with Crippen LogP contribution in [0.3, 0.4) is 0 Å². The summed E-state index contributed by atoms with van der Waals surface area (Å²) in [5.41, 5.74) is 2.45. The number of rotatable bonds is 8. The second-order valence-electron chi connectivity index (χ2n) is 7.35. The number of aliphatic hydroxyl groups excluding tert-OH is 1. The number of nitrogens with zero attached hydrogens (tertiary/aromatic N) is 1. The monoisotopic (exact) mass is 429 g/mol. The number of aliphatic hydroxyl groups is 1. The highest BCUT2D eigenvalue weighted by Crippen LogP contribution is 2.37. The minimum absolute atomic E-state index is 0.0861. The number of halogens is 1. The van der Waals surface area contributed by atoms with E-state index in [9.17, 15) is 9.90 Å². The number of benzene rings is 2. The molecule has 0 aliphatic carbocycles. The van der Waals surface area contributed by atoms with E-state index in [0.717, 1.165) is 43.6 Å². The molecule has 0 aromatic heterocycles. The Labute approximate surface area is 182 Å². The molecule has 2 aromatic rings. The minimum Gasteiger partial charge on any atom is -0.493 e. The first kappa shape index (κ1) is 22.2. The molecule has 1 heterocycles. The van der Waals surface area contributed by atoms with Crippen LogP contribution < -0.4 is 14.4 Å². The van der Waals surface area contributed by atoms with Gasteiger partial charge in [0.05, 0.1) is 24.8 Å². The lowest BCUT2D eigenvalue weighted by Crippen LogP contribution is -2.35. The van der Waals surface area contributed by atoms with Crippen molar-refractivity contribution < 1.29 is 19.4 Å². The first-order valence-electron chi connectivity index (χ1n) is 10.3. The van der Waals surface area contributed by atoms with E-state index in [1.54, 1.807) is 25.3 Å². The number of hydrogen-bond donors (Lipinski definition) is 1. The second kappa shape index (κ2) is 10.5. The van der Waals surface area contributed by atoms with Crippen molar-refractivity contribution in [3.63, 3.8) is 0 Å². The number of piperidine rings is 1. The van der Waals surface area contributed by atoms with Crippen LogP contribution >= 0.6 is 11.6 Å². The van der Waals surface area contributed by atoms with E-state index in [1.165, 1.54) is 6.08 Å². The fraction of sp³-hybridized carbons (Fsp3) is 0.375. The van der Waals surface area contributed by atoms with Gasteiger partial charge in [0.15, 0.2) is 17.3 Å². The Kier molecular flexibility index (Phi) is 7.77. The van der Waals surface area contributed by atoms with Gasteiger partial charge in [-0.25, -0.2) is 0 Å². The number of methoxy groups -OCH3 is 1. The van der Waals surface area contributed by atoms with Gasteiger partial charge in [-0.3, -0.25) is 4.79 Å². The van der Waals surface area contributed by atoms with Crippen molar-refractivity contribution in [3.8, 4) is 11.5 Å². The highest BCUT2D eigenvalue weighted by atomic mass is 35.5. The van der Waals surface area contributed by atoms with Crippen molar-refractivity contribution in [2.75, 3.05) is 31.7 Å². The van der Waals surface area contributed by atoms with Crippen LogP contribution in [0.1, 0.15) is 42.1 Å². The molecule has 30 heavy (non-hydrogen) atoms. The summed E-state index contributed by atoms with van der Waals surface area (Å²) in [5.74, 6) is 0.974. The summed E-state index contributed by atoms with van der Waals surface area (Å²) in [7, 11) is 1.56. The van der Waals surface area contributed by atoms with Gasteiger partial charge in [0.2, 0.25) is 0 Å². The van der Waals surface area contributed by atoms with Crippen LogP contribution in [-0.4, -0.2) is 43.8 Å². The molecule has 0 saturated carbocycles. The lowest BCUT2D eigenvalue weighted by molar-refractivity contribution is 0.104. The van der Waals surface area contributed by atoms with Crippen LogP contribution in [0.5, 0.6) is 11.5 Å². The van der Waals surface area contributed by atoms with Crippen LogP contribution in [0, 0.1) is 0 Å². The average Bonchev–Trinajstić information content (AvgIpc) is 2.77. The molecule has 160 valence electrons. The van der Waals surface area contributed by atoms with Gasteiger partial charge in [0, 0.05) is 24.3 Å². The van der Waals surface area contributed by atoms with Crippen molar-refractivity contribution >= 4 is 29.1 Å². The molecule has 1 N–H and O–H groups in total. The lowest BCUT2D eigenvalue weighted by Gasteiger charge is -2.31. The quantitative estimate of drug-likeness (QED) is 0.473. The van der Waals surface area contributed by atoms with Crippen LogP contribution in [0.2, 0.25) is 5.02 Å². The van der Waals surface area contributed by atoms with Crippen molar-refractivity contribution in [2.45, 2.75) is 32.3 Å². The van der Waals surface area contributed by atoms with Gasteiger partial charge >= 0.3 is 0 Å². The van der Waals surface area contributed by atoms with E-state index < -0.39 is 0 Å². The number of anilines is 1. The van der Waals surface area contributed by atoms with E-state index in [1.807, 2.05) is 31.2 Å². The van der Waals surface area contributed by atoms with Crippen LogP contribution in [-0.2, 0) is 0 Å². The zero-order valence-corrected chi connectivity index (χ0v) is 18.2. The molecule has 0 unspecified atom stereocenters. The summed E-state index contributed by atoms with van der Waals surface area (Å²) >= 11 is 6.34. The predicted molar refractivity (Wildman–Crippen MR) is 121 cm³/mol. The molecular weight excluding hydrogens is 402 g/mol. The fourth-order valence-corrected chi connectivity index (χ4v) is 3.68. The largest absolute Gasteiger partial charge is 0.493 e. The van der Waals surface area contributed by atoms with E-state index >= 15 is 0 Å². The molecule has 0 atom stereocenters. The van der Waals surface area contributed by atoms with Crippen LogP contribution in [0.4, 0.5) is 5.69 Å². The standard InChI is InChI=1S/C24H28ClNO4/c1-3-14-30-24-21(25)15-17(16-23(24)29-2)4-9-22(28)18-5-7-19(8-6-18)26-12-10-20(27)11-13-26/h4-9,15-16,20,27H,3,10-14H2,1-2H3/b9-4+. The topological polar surface area (TPSA) is 59.0 Å². The van der Waals surface area contributed by atoms with Crippen molar-refractivity contribution in [1.29, 1.82) is 0 Å².